The zero-order valence-corrected chi connectivity index (χ0v) is 14.7. The van der Waals surface area contributed by atoms with Crippen molar-refractivity contribution in [2.75, 3.05) is 25.5 Å². The number of nitrogens with one attached hydrogen (secondary N) is 2. The maximum atomic E-state index is 12.8. The van der Waals surface area contributed by atoms with Crippen molar-refractivity contribution in [1.82, 2.24) is 15.1 Å². The Kier molecular flexibility index (Phi) is 4.78. The molecule has 0 aliphatic carbocycles. The first-order valence-electron chi connectivity index (χ1n) is 7.84. The van der Waals surface area contributed by atoms with Gasteiger partial charge in [0.2, 0.25) is 5.91 Å². The first-order chi connectivity index (χ1) is 11.5. The second kappa shape index (κ2) is 6.83. The zero-order chi connectivity index (χ0) is 17.3. The lowest BCUT2D eigenvalue weighted by atomic mass is 9.90. The first kappa shape index (κ1) is 16.8. The number of hydrogen-bond acceptors (Lipinski definition) is 4. The fourth-order valence-electron chi connectivity index (χ4n) is 3.09. The van der Waals surface area contributed by atoms with Crippen LogP contribution in [-0.4, -0.2) is 35.9 Å². The van der Waals surface area contributed by atoms with Gasteiger partial charge in [0.15, 0.2) is 0 Å². The third kappa shape index (κ3) is 3.25. The van der Waals surface area contributed by atoms with Crippen LogP contribution in [0.25, 0.3) is 0 Å². The lowest BCUT2D eigenvalue weighted by molar-refractivity contribution is -0.119. The number of hydrogen-bond donors (Lipinski definition) is 2. The van der Waals surface area contributed by atoms with E-state index in [1.54, 1.807) is 17.9 Å². The number of benzene rings is 1. The molecule has 0 radical (unpaired) electrons. The summed E-state index contributed by atoms with van der Waals surface area (Å²) in [4.78, 5) is 12.8. The molecule has 1 amide bonds. The lowest BCUT2D eigenvalue weighted by Gasteiger charge is -2.18. The summed E-state index contributed by atoms with van der Waals surface area (Å²) >= 11 is 6.12. The molecule has 2 atom stereocenters. The summed E-state index contributed by atoms with van der Waals surface area (Å²) in [6.07, 6.45) is 3.79. The summed E-state index contributed by atoms with van der Waals surface area (Å²) in [6.45, 7) is 3.30. The topological polar surface area (TPSA) is 68.2 Å². The van der Waals surface area contributed by atoms with Crippen LogP contribution in [0.15, 0.2) is 24.5 Å². The van der Waals surface area contributed by atoms with Crippen LogP contribution in [0.3, 0.4) is 0 Å². The first-order valence-corrected chi connectivity index (χ1v) is 8.21. The van der Waals surface area contributed by atoms with Gasteiger partial charge in [-0.1, -0.05) is 11.6 Å². The van der Waals surface area contributed by atoms with Gasteiger partial charge in [-0.2, -0.15) is 5.10 Å². The van der Waals surface area contributed by atoms with Crippen LogP contribution in [0.4, 0.5) is 5.69 Å². The molecule has 2 heterocycles. The predicted molar refractivity (Wildman–Crippen MR) is 93.7 cm³/mol. The summed E-state index contributed by atoms with van der Waals surface area (Å²) in [6, 6.07) is 3.55. The van der Waals surface area contributed by atoms with Crippen molar-refractivity contribution < 1.29 is 9.53 Å². The van der Waals surface area contributed by atoms with Crippen LogP contribution in [0, 0.1) is 12.8 Å². The number of ether oxygens (including phenoxy) is 1. The molecule has 2 N–H and O–H groups in total. The molecule has 128 valence electrons. The molecule has 1 saturated heterocycles. The molecule has 7 heteroatoms. The van der Waals surface area contributed by atoms with E-state index in [4.69, 9.17) is 16.3 Å². The van der Waals surface area contributed by atoms with Gasteiger partial charge >= 0.3 is 0 Å². The van der Waals surface area contributed by atoms with Crippen molar-refractivity contribution in [3.8, 4) is 5.75 Å². The van der Waals surface area contributed by atoms with Crippen molar-refractivity contribution in [1.29, 1.82) is 0 Å². The number of anilines is 1. The molecule has 0 saturated carbocycles. The van der Waals surface area contributed by atoms with E-state index in [0.29, 0.717) is 23.0 Å². The highest BCUT2D eigenvalue weighted by Gasteiger charge is 2.35. The molecule has 0 spiro atoms. The SMILES string of the molecule is COc1cc(Cl)c(C)cc1NC(=O)[C@H]1CNC[C@@H]1c1cnn(C)c1. The minimum Gasteiger partial charge on any atom is -0.495 e. The molecule has 1 fully saturated rings. The largest absolute Gasteiger partial charge is 0.495 e. The monoisotopic (exact) mass is 348 g/mol. The van der Waals surface area contributed by atoms with Crippen molar-refractivity contribution in [3.05, 3.63) is 40.7 Å². The Morgan fingerprint density at radius 1 is 1.46 bits per heavy atom. The summed E-state index contributed by atoms with van der Waals surface area (Å²) in [7, 11) is 3.44. The van der Waals surface area contributed by atoms with Gasteiger partial charge in [0, 0.05) is 43.3 Å². The van der Waals surface area contributed by atoms with Gasteiger partial charge in [0.05, 0.1) is 24.9 Å². The molecule has 2 aromatic rings. The quantitative estimate of drug-likeness (QED) is 0.889. The lowest BCUT2D eigenvalue weighted by Crippen LogP contribution is -2.28. The molecule has 0 bridgehead atoms. The molecule has 1 aromatic carbocycles. The number of amides is 1. The van der Waals surface area contributed by atoms with Gasteiger partial charge in [-0.3, -0.25) is 9.48 Å². The Morgan fingerprint density at radius 3 is 2.92 bits per heavy atom. The second-order valence-electron chi connectivity index (χ2n) is 6.11. The maximum absolute atomic E-state index is 12.8. The van der Waals surface area contributed by atoms with Crippen molar-refractivity contribution in [2.45, 2.75) is 12.8 Å². The molecule has 3 rings (SSSR count). The molecule has 1 aromatic heterocycles. The van der Waals surface area contributed by atoms with Crippen molar-refractivity contribution in [2.24, 2.45) is 13.0 Å². The molecule has 1 aliphatic rings. The highest BCUT2D eigenvalue weighted by atomic mass is 35.5. The van der Waals surface area contributed by atoms with Crippen LogP contribution in [0.1, 0.15) is 17.0 Å². The number of aryl methyl sites for hydroxylation is 2. The summed E-state index contributed by atoms with van der Waals surface area (Å²) in [5.41, 5.74) is 2.60. The third-order valence-corrected chi connectivity index (χ3v) is 4.85. The van der Waals surface area contributed by atoms with E-state index in [1.807, 2.05) is 32.4 Å². The fourth-order valence-corrected chi connectivity index (χ4v) is 3.24. The summed E-state index contributed by atoms with van der Waals surface area (Å²) in [5.74, 6) is 0.477. The molecule has 0 unspecified atom stereocenters. The summed E-state index contributed by atoms with van der Waals surface area (Å²) in [5, 5.41) is 11.1. The maximum Gasteiger partial charge on any atom is 0.229 e. The minimum absolute atomic E-state index is 0.0334. The van der Waals surface area contributed by atoms with Crippen LogP contribution < -0.4 is 15.4 Å². The number of aromatic nitrogens is 2. The zero-order valence-electron chi connectivity index (χ0n) is 14.0. The number of halogens is 1. The van der Waals surface area contributed by atoms with Gasteiger partial charge in [-0.25, -0.2) is 0 Å². The number of nitrogens with zero attached hydrogens (tertiary/aromatic N) is 2. The van der Waals surface area contributed by atoms with Crippen molar-refractivity contribution >= 4 is 23.2 Å². The Morgan fingerprint density at radius 2 is 2.25 bits per heavy atom. The van der Waals surface area contributed by atoms with E-state index in [2.05, 4.69) is 15.7 Å². The molecule has 1 aliphatic heterocycles. The third-order valence-electron chi connectivity index (χ3n) is 4.44. The van der Waals surface area contributed by atoms with E-state index in [9.17, 15) is 4.79 Å². The number of carbonyl (C=O) groups excluding carboxylic acids is 1. The average molecular weight is 349 g/mol. The second-order valence-corrected chi connectivity index (χ2v) is 6.52. The van der Waals surface area contributed by atoms with Gasteiger partial charge < -0.3 is 15.4 Å². The van der Waals surface area contributed by atoms with Crippen molar-refractivity contribution in [3.63, 3.8) is 0 Å². The Hall–Kier alpha value is -2.05. The van der Waals surface area contributed by atoms with Gasteiger partial charge in [-0.05, 0) is 24.1 Å². The van der Waals surface area contributed by atoms with Crippen LogP contribution >= 0.6 is 11.6 Å². The van der Waals surface area contributed by atoms with Gasteiger partial charge in [0.25, 0.3) is 0 Å². The average Bonchev–Trinajstić information content (AvgIpc) is 3.19. The molecule has 6 nitrogen and oxygen atoms in total. The fraction of sp³-hybridized carbons (Fsp3) is 0.412. The number of carbonyl (C=O) groups is 1. The molecular weight excluding hydrogens is 328 g/mol. The van der Waals surface area contributed by atoms with E-state index >= 15 is 0 Å². The van der Waals surface area contributed by atoms with Crippen LogP contribution in [0.2, 0.25) is 5.02 Å². The molecule has 24 heavy (non-hydrogen) atoms. The Balaban J connectivity index is 1.80. The highest BCUT2D eigenvalue weighted by molar-refractivity contribution is 6.31. The minimum atomic E-state index is -0.158. The van der Waals surface area contributed by atoms with Crippen LogP contribution in [-0.2, 0) is 11.8 Å². The molecular formula is C17H21ClN4O2. The Bertz CT molecular complexity index is 759. The number of methoxy groups -OCH3 is 1. The smallest absolute Gasteiger partial charge is 0.229 e. The van der Waals surface area contributed by atoms with Gasteiger partial charge in [-0.15, -0.1) is 0 Å². The standard InChI is InChI=1S/C17H21ClN4O2/c1-10-4-15(16(24-3)5-14(10)18)21-17(23)13-8-19-7-12(13)11-6-20-22(2)9-11/h4-6,9,12-13,19H,7-8H2,1-3H3,(H,21,23)/t12-,13+/m1/s1. The van der Waals surface area contributed by atoms with Gasteiger partial charge in [0.1, 0.15) is 5.75 Å². The normalized spacial score (nSPS) is 20.2. The van der Waals surface area contributed by atoms with E-state index in [1.165, 1.54) is 0 Å². The predicted octanol–water partition coefficient (Wildman–Crippen LogP) is 2.33. The van der Waals surface area contributed by atoms with E-state index < -0.39 is 0 Å². The number of rotatable bonds is 4. The van der Waals surface area contributed by atoms with E-state index in [-0.39, 0.29) is 17.7 Å². The van der Waals surface area contributed by atoms with Crippen LogP contribution in [0.5, 0.6) is 5.75 Å². The van der Waals surface area contributed by atoms with E-state index in [0.717, 1.165) is 17.7 Å². The Labute approximate surface area is 146 Å². The highest BCUT2D eigenvalue weighted by Crippen LogP contribution is 2.33. The summed E-state index contributed by atoms with van der Waals surface area (Å²) < 4.78 is 7.09.